The Morgan fingerprint density at radius 1 is 1.05 bits per heavy atom. The van der Waals surface area contributed by atoms with E-state index in [1.165, 1.54) is 7.11 Å². The molecule has 1 amide bonds. The van der Waals surface area contributed by atoms with Crippen molar-refractivity contribution in [1.82, 2.24) is 0 Å². The van der Waals surface area contributed by atoms with Crippen LogP contribution >= 0.6 is 0 Å². The van der Waals surface area contributed by atoms with Gasteiger partial charge in [0.15, 0.2) is 0 Å². The minimum atomic E-state index is -0.466. The molecule has 0 aromatic heterocycles. The molecule has 0 bridgehead atoms. The van der Waals surface area contributed by atoms with E-state index < -0.39 is 5.97 Å². The van der Waals surface area contributed by atoms with Gasteiger partial charge in [-0.1, -0.05) is 49.4 Å². The average Bonchev–Trinajstić information content (AvgIpc) is 2.55. The number of nitrogens with one attached hydrogen (secondary N) is 1. The maximum atomic E-state index is 12.2. The van der Waals surface area contributed by atoms with Crippen molar-refractivity contribution in [2.75, 3.05) is 12.4 Å². The number of hydrogen-bond acceptors (Lipinski definition) is 3. The van der Waals surface area contributed by atoms with E-state index in [2.05, 4.69) is 5.32 Å². The highest BCUT2D eigenvalue weighted by Crippen LogP contribution is 2.21. The summed E-state index contributed by atoms with van der Waals surface area (Å²) in [5.74, 6) is -0.494. The summed E-state index contributed by atoms with van der Waals surface area (Å²) in [5.41, 5.74) is 1.93. The predicted molar refractivity (Wildman–Crippen MR) is 85.9 cm³/mol. The van der Waals surface area contributed by atoms with Crippen LogP contribution < -0.4 is 5.32 Å². The lowest BCUT2D eigenvalue weighted by Gasteiger charge is -2.13. The number of para-hydroxylation sites is 1. The van der Waals surface area contributed by atoms with Crippen LogP contribution in [0.25, 0.3) is 0 Å². The average molecular weight is 297 g/mol. The number of rotatable bonds is 5. The second kappa shape index (κ2) is 7.41. The van der Waals surface area contributed by atoms with Gasteiger partial charge in [-0.2, -0.15) is 0 Å². The number of hydrogen-bond donors (Lipinski definition) is 1. The lowest BCUT2D eigenvalue weighted by Crippen LogP contribution is -2.17. The highest BCUT2D eigenvalue weighted by molar-refractivity contribution is 6.01. The first-order chi connectivity index (χ1) is 10.6. The highest BCUT2D eigenvalue weighted by Gasteiger charge is 2.15. The van der Waals surface area contributed by atoms with Crippen molar-refractivity contribution in [3.8, 4) is 0 Å². The molecule has 1 atom stereocenters. The van der Waals surface area contributed by atoms with Crippen LogP contribution in [0.15, 0.2) is 54.6 Å². The van der Waals surface area contributed by atoms with Gasteiger partial charge < -0.3 is 10.1 Å². The molecule has 0 saturated carbocycles. The maximum absolute atomic E-state index is 12.2. The normalized spacial score (nSPS) is 11.5. The molecule has 2 aromatic rings. The number of ether oxygens (including phenoxy) is 1. The molecule has 0 unspecified atom stereocenters. The number of benzene rings is 2. The Hall–Kier alpha value is -2.62. The molecule has 1 N–H and O–H groups in total. The fourth-order valence-electron chi connectivity index (χ4n) is 2.26. The summed E-state index contributed by atoms with van der Waals surface area (Å²) < 4.78 is 4.72. The first kappa shape index (κ1) is 15.8. The number of carbonyl (C=O) groups excluding carboxylic acids is 2. The van der Waals surface area contributed by atoms with E-state index >= 15 is 0 Å². The van der Waals surface area contributed by atoms with Gasteiger partial charge in [0.05, 0.1) is 18.4 Å². The molecule has 4 nitrogen and oxygen atoms in total. The van der Waals surface area contributed by atoms with Crippen LogP contribution in [-0.4, -0.2) is 19.0 Å². The van der Waals surface area contributed by atoms with Crippen molar-refractivity contribution in [3.63, 3.8) is 0 Å². The van der Waals surface area contributed by atoms with Crippen molar-refractivity contribution in [3.05, 3.63) is 65.7 Å². The fraction of sp³-hybridized carbons (Fsp3) is 0.222. The summed E-state index contributed by atoms with van der Waals surface area (Å²) >= 11 is 0. The van der Waals surface area contributed by atoms with E-state index in [1.807, 2.05) is 37.3 Å². The molecule has 4 heteroatoms. The Bertz CT molecular complexity index is 652. The van der Waals surface area contributed by atoms with E-state index in [0.29, 0.717) is 17.7 Å². The molecule has 114 valence electrons. The van der Waals surface area contributed by atoms with Crippen molar-refractivity contribution >= 4 is 17.6 Å². The molecule has 0 heterocycles. The SMILES string of the molecule is COC(=O)c1ccccc1NC(=O)C[C@H](C)c1ccccc1. The van der Waals surface area contributed by atoms with Crippen LogP contribution in [0.5, 0.6) is 0 Å². The molecule has 0 radical (unpaired) electrons. The Kier molecular flexibility index (Phi) is 5.31. The molecule has 0 saturated heterocycles. The molecule has 0 fully saturated rings. The highest BCUT2D eigenvalue weighted by atomic mass is 16.5. The smallest absolute Gasteiger partial charge is 0.339 e. The number of carbonyl (C=O) groups is 2. The zero-order valence-electron chi connectivity index (χ0n) is 12.7. The van der Waals surface area contributed by atoms with Gasteiger partial charge in [-0.05, 0) is 23.6 Å². The quantitative estimate of drug-likeness (QED) is 0.858. The van der Waals surface area contributed by atoms with Crippen molar-refractivity contribution in [2.45, 2.75) is 19.3 Å². The molecule has 0 aliphatic rings. The van der Waals surface area contributed by atoms with E-state index in [1.54, 1.807) is 24.3 Å². The zero-order valence-corrected chi connectivity index (χ0v) is 12.7. The molecule has 0 aliphatic carbocycles. The van der Waals surface area contributed by atoms with Crippen LogP contribution in [0.2, 0.25) is 0 Å². The van der Waals surface area contributed by atoms with Gasteiger partial charge in [-0.3, -0.25) is 4.79 Å². The van der Waals surface area contributed by atoms with Gasteiger partial charge >= 0.3 is 5.97 Å². The first-order valence-electron chi connectivity index (χ1n) is 7.14. The second-order valence-electron chi connectivity index (χ2n) is 5.10. The van der Waals surface area contributed by atoms with Crippen LogP contribution in [0.1, 0.15) is 35.2 Å². The van der Waals surface area contributed by atoms with E-state index in [4.69, 9.17) is 4.74 Å². The Morgan fingerprint density at radius 3 is 2.36 bits per heavy atom. The second-order valence-corrected chi connectivity index (χ2v) is 5.10. The molecular weight excluding hydrogens is 278 g/mol. The third-order valence-electron chi connectivity index (χ3n) is 3.47. The summed E-state index contributed by atoms with van der Waals surface area (Å²) in [5, 5.41) is 2.79. The van der Waals surface area contributed by atoms with Crippen molar-refractivity contribution < 1.29 is 14.3 Å². The summed E-state index contributed by atoms with van der Waals surface area (Å²) in [6.07, 6.45) is 0.347. The molecule has 22 heavy (non-hydrogen) atoms. The Labute approximate surface area is 130 Å². The molecule has 0 aliphatic heterocycles. The molecule has 2 rings (SSSR count). The fourth-order valence-corrected chi connectivity index (χ4v) is 2.26. The first-order valence-corrected chi connectivity index (χ1v) is 7.14. The maximum Gasteiger partial charge on any atom is 0.339 e. The van der Waals surface area contributed by atoms with Gasteiger partial charge in [0.25, 0.3) is 0 Å². The Morgan fingerprint density at radius 2 is 1.68 bits per heavy atom. The summed E-state index contributed by atoms with van der Waals surface area (Å²) in [4.78, 5) is 23.9. The standard InChI is InChI=1S/C18H19NO3/c1-13(14-8-4-3-5-9-14)12-17(20)19-16-11-7-6-10-15(16)18(21)22-2/h3-11,13H,12H2,1-2H3,(H,19,20)/t13-/m0/s1. The number of methoxy groups -OCH3 is 1. The summed E-state index contributed by atoms with van der Waals surface area (Å²) in [7, 11) is 1.32. The molecular formula is C18H19NO3. The van der Waals surface area contributed by atoms with Crippen LogP contribution in [-0.2, 0) is 9.53 Å². The van der Waals surface area contributed by atoms with Gasteiger partial charge in [-0.25, -0.2) is 4.79 Å². The van der Waals surface area contributed by atoms with Gasteiger partial charge in [0, 0.05) is 6.42 Å². The van der Waals surface area contributed by atoms with E-state index in [0.717, 1.165) is 5.56 Å². The lowest BCUT2D eigenvalue weighted by atomic mass is 9.97. The third kappa shape index (κ3) is 3.95. The van der Waals surface area contributed by atoms with Gasteiger partial charge in [0.1, 0.15) is 0 Å². The topological polar surface area (TPSA) is 55.4 Å². The number of anilines is 1. The van der Waals surface area contributed by atoms with E-state index in [9.17, 15) is 9.59 Å². The monoisotopic (exact) mass is 297 g/mol. The zero-order chi connectivity index (χ0) is 15.9. The largest absolute Gasteiger partial charge is 0.465 e. The predicted octanol–water partition coefficient (Wildman–Crippen LogP) is 3.61. The molecule has 2 aromatic carbocycles. The third-order valence-corrected chi connectivity index (χ3v) is 3.47. The van der Waals surface area contributed by atoms with Gasteiger partial charge in [0.2, 0.25) is 5.91 Å². The Balaban J connectivity index is 2.05. The van der Waals surface area contributed by atoms with Gasteiger partial charge in [-0.15, -0.1) is 0 Å². The summed E-state index contributed by atoms with van der Waals surface area (Å²) in [6.45, 7) is 2.00. The minimum absolute atomic E-state index is 0.103. The van der Waals surface area contributed by atoms with Crippen molar-refractivity contribution in [1.29, 1.82) is 0 Å². The van der Waals surface area contributed by atoms with Crippen LogP contribution in [0, 0.1) is 0 Å². The number of amides is 1. The van der Waals surface area contributed by atoms with Crippen LogP contribution in [0.4, 0.5) is 5.69 Å². The summed E-state index contributed by atoms with van der Waals surface area (Å²) in [6, 6.07) is 16.7. The minimum Gasteiger partial charge on any atom is -0.465 e. The van der Waals surface area contributed by atoms with E-state index in [-0.39, 0.29) is 11.8 Å². The van der Waals surface area contributed by atoms with Crippen LogP contribution in [0.3, 0.4) is 0 Å². The number of esters is 1. The van der Waals surface area contributed by atoms with Crippen molar-refractivity contribution in [2.24, 2.45) is 0 Å². The lowest BCUT2D eigenvalue weighted by molar-refractivity contribution is -0.116. The molecule has 0 spiro atoms.